The Bertz CT molecular complexity index is 914. The highest BCUT2D eigenvalue weighted by atomic mass is 79.9. The molecule has 0 atom stereocenters. The van der Waals surface area contributed by atoms with E-state index in [2.05, 4.69) is 34.2 Å². The average Bonchev–Trinajstić information content (AvgIpc) is 2.62. The molecule has 5 heteroatoms. The van der Waals surface area contributed by atoms with Gasteiger partial charge in [-0.15, -0.1) is 0 Å². The van der Waals surface area contributed by atoms with E-state index in [1.165, 1.54) is 0 Å². The normalized spacial score (nSPS) is 10.6. The Hall–Kier alpha value is -1.68. The Balaban J connectivity index is 1.62. The van der Waals surface area contributed by atoms with E-state index in [-0.39, 0.29) is 0 Å². The quantitative estimate of drug-likeness (QED) is 0.426. The largest absolute Gasteiger partial charge is 0.488 e. The predicted octanol–water partition coefficient (Wildman–Crippen LogP) is 7.26. The van der Waals surface area contributed by atoms with Crippen LogP contribution in [0.25, 0.3) is 0 Å². The van der Waals surface area contributed by atoms with Crippen molar-refractivity contribution < 1.29 is 4.74 Å². The van der Waals surface area contributed by atoms with Crippen LogP contribution in [-0.2, 0) is 13.2 Å². The monoisotopic (exact) mass is 449 g/mol. The van der Waals surface area contributed by atoms with Gasteiger partial charge in [0.2, 0.25) is 0 Å². The Morgan fingerprint density at radius 1 is 0.923 bits per heavy atom. The van der Waals surface area contributed by atoms with Gasteiger partial charge in [-0.05, 0) is 75.9 Å². The maximum absolute atomic E-state index is 6.07. The summed E-state index contributed by atoms with van der Waals surface area (Å²) in [5.74, 6) is 0.799. The minimum absolute atomic E-state index is 0.471. The molecule has 1 N–H and O–H groups in total. The van der Waals surface area contributed by atoms with E-state index in [1.54, 1.807) is 0 Å². The smallest absolute Gasteiger partial charge is 0.134 e. The second kappa shape index (κ2) is 8.81. The molecule has 134 valence electrons. The van der Waals surface area contributed by atoms with E-state index in [1.807, 2.05) is 54.6 Å². The summed E-state index contributed by atoms with van der Waals surface area (Å²) in [5.41, 5.74) is 4.38. The first-order chi connectivity index (χ1) is 12.5. The highest BCUT2D eigenvalue weighted by Gasteiger charge is 2.05. The van der Waals surface area contributed by atoms with Gasteiger partial charge in [0.15, 0.2) is 0 Å². The van der Waals surface area contributed by atoms with Crippen LogP contribution in [0.3, 0.4) is 0 Å². The topological polar surface area (TPSA) is 21.3 Å². The molecule has 0 aromatic heterocycles. The molecule has 3 rings (SSSR count). The Morgan fingerprint density at radius 2 is 1.73 bits per heavy atom. The molecule has 0 saturated carbocycles. The molecule has 26 heavy (non-hydrogen) atoms. The van der Waals surface area contributed by atoms with Gasteiger partial charge in [-0.25, -0.2) is 0 Å². The maximum Gasteiger partial charge on any atom is 0.134 e. The van der Waals surface area contributed by atoms with E-state index < -0.39 is 0 Å². The van der Waals surface area contributed by atoms with Crippen molar-refractivity contribution in [2.24, 2.45) is 0 Å². The van der Waals surface area contributed by atoms with Crippen molar-refractivity contribution in [3.05, 3.63) is 91.9 Å². The zero-order valence-electron chi connectivity index (χ0n) is 14.2. The van der Waals surface area contributed by atoms with Gasteiger partial charge >= 0.3 is 0 Å². The average molecular weight is 451 g/mol. The van der Waals surface area contributed by atoms with E-state index in [0.717, 1.165) is 37.6 Å². The van der Waals surface area contributed by atoms with E-state index in [9.17, 15) is 0 Å². The minimum atomic E-state index is 0.471. The van der Waals surface area contributed by atoms with Crippen LogP contribution in [0.1, 0.15) is 16.7 Å². The van der Waals surface area contributed by atoms with Crippen molar-refractivity contribution in [3.63, 3.8) is 0 Å². The minimum Gasteiger partial charge on any atom is -0.488 e. The van der Waals surface area contributed by atoms with Crippen LogP contribution in [0, 0.1) is 6.92 Å². The fourth-order valence-corrected chi connectivity index (χ4v) is 3.47. The van der Waals surface area contributed by atoms with Crippen LogP contribution in [-0.4, -0.2) is 0 Å². The molecule has 0 amide bonds. The number of hydrogen-bond donors (Lipinski definition) is 1. The molecule has 2 nitrogen and oxygen atoms in total. The van der Waals surface area contributed by atoms with Crippen LogP contribution >= 0.6 is 39.1 Å². The van der Waals surface area contributed by atoms with E-state index >= 15 is 0 Å². The van der Waals surface area contributed by atoms with Crippen LogP contribution in [0.2, 0.25) is 10.0 Å². The number of aryl methyl sites for hydroxylation is 1. The highest BCUT2D eigenvalue weighted by molar-refractivity contribution is 9.10. The summed E-state index contributed by atoms with van der Waals surface area (Å²) in [7, 11) is 0. The summed E-state index contributed by atoms with van der Waals surface area (Å²) in [6, 6.07) is 19.6. The first-order valence-corrected chi connectivity index (χ1v) is 9.72. The fourth-order valence-electron chi connectivity index (χ4n) is 2.54. The van der Waals surface area contributed by atoms with E-state index in [4.69, 9.17) is 27.9 Å². The molecule has 0 aliphatic heterocycles. The number of nitrogens with one attached hydrogen (secondary N) is 1. The number of benzene rings is 3. The molecule has 0 fully saturated rings. The molecular weight excluding hydrogens is 433 g/mol. The molecule has 3 aromatic carbocycles. The first kappa shape index (κ1) is 19.1. The van der Waals surface area contributed by atoms with Crippen molar-refractivity contribution >= 4 is 44.8 Å². The second-order valence-electron chi connectivity index (χ2n) is 6.00. The Kier molecular flexibility index (Phi) is 6.47. The van der Waals surface area contributed by atoms with Crippen LogP contribution in [0.4, 0.5) is 5.69 Å². The fraction of sp³-hybridized carbons (Fsp3) is 0.143. The summed E-state index contributed by atoms with van der Waals surface area (Å²) < 4.78 is 6.81. The van der Waals surface area contributed by atoms with Gasteiger partial charge < -0.3 is 10.1 Å². The van der Waals surface area contributed by atoms with Crippen molar-refractivity contribution in [2.45, 2.75) is 20.1 Å². The van der Waals surface area contributed by atoms with Crippen LogP contribution < -0.4 is 10.1 Å². The zero-order valence-corrected chi connectivity index (χ0v) is 17.3. The maximum atomic E-state index is 6.07. The van der Waals surface area contributed by atoms with Gasteiger partial charge in [0.1, 0.15) is 12.4 Å². The number of anilines is 1. The molecule has 3 aromatic rings. The van der Waals surface area contributed by atoms with Crippen molar-refractivity contribution in [3.8, 4) is 5.75 Å². The predicted molar refractivity (Wildman–Crippen MR) is 113 cm³/mol. The van der Waals surface area contributed by atoms with Gasteiger partial charge in [0.25, 0.3) is 0 Å². The lowest BCUT2D eigenvalue weighted by molar-refractivity contribution is 0.304. The molecular formula is C21H18BrCl2NO. The molecule has 0 unspecified atom stereocenters. The van der Waals surface area contributed by atoms with Gasteiger partial charge in [0, 0.05) is 22.3 Å². The second-order valence-corrected chi connectivity index (χ2v) is 7.72. The van der Waals surface area contributed by atoms with Crippen LogP contribution in [0.5, 0.6) is 5.75 Å². The summed E-state index contributed by atoms with van der Waals surface area (Å²) in [6.07, 6.45) is 0. The lowest BCUT2D eigenvalue weighted by Gasteiger charge is -2.12. The standard InChI is InChI=1S/C21H18BrCl2NO/c1-14-5-7-18(24)11-20(14)25-12-15-6-8-21(19(22)10-15)26-13-16-3-2-4-17(23)9-16/h2-11,25H,12-13H2,1H3. The number of halogens is 3. The van der Waals surface area contributed by atoms with Crippen molar-refractivity contribution in [1.29, 1.82) is 0 Å². The number of ether oxygens (including phenoxy) is 1. The molecule has 0 spiro atoms. The van der Waals surface area contributed by atoms with Gasteiger partial charge in [-0.1, -0.05) is 47.5 Å². The lowest BCUT2D eigenvalue weighted by Crippen LogP contribution is -2.02. The van der Waals surface area contributed by atoms with Crippen molar-refractivity contribution in [1.82, 2.24) is 0 Å². The van der Waals surface area contributed by atoms with E-state index in [0.29, 0.717) is 18.2 Å². The Labute approximate surface area is 172 Å². The Morgan fingerprint density at radius 3 is 2.50 bits per heavy atom. The van der Waals surface area contributed by atoms with Crippen molar-refractivity contribution in [2.75, 3.05) is 5.32 Å². The first-order valence-electron chi connectivity index (χ1n) is 8.17. The third-order valence-corrected chi connectivity index (χ3v) is 5.05. The van der Waals surface area contributed by atoms with Gasteiger partial charge in [-0.3, -0.25) is 0 Å². The summed E-state index contributed by atoms with van der Waals surface area (Å²) in [6.45, 7) is 3.23. The number of rotatable bonds is 6. The SMILES string of the molecule is Cc1ccc(Cl)cc1NCc1ccc(OCc2cccc(Cl)c2)c(Br)c1. The highest BCUT2D eigenvalue weighted by Crippen LogP contribution is 2.28. The molecule has 0 heterocycles. The lowest BCUT2D eigenvalue weighted by atomic mass is 10.1. The van der Waals surface area contributed by atoms with Crippen LogP contribution in [0.15, 0.2) is 65.1 Å². The summed E-state index contributed by atoms with van der Waals surface area (Å²) >= 11 is 15.7. The van der Waals surface area contributed by atoms with Gasteiger partial charge in [-0.2, -0.15) is 0 Å². The third kappa shape index (κ3) is 5.16. The molecule has 0 aliphatic carbocycles. The van der Waals surface area contributed by atoms with Gasteiger partial charge in [0.05, 0.1) is 4.47 Å². The summed E-state index contributed by atoms with van der Waals surface area (Å²) in [5, 5.41) is 4.86. The third-order valence-electron chi connectivity index (χ3n) is 3.96. The molecule has 0 bridgehead atoms. The summed E-state index contributed by atoms with van der Waals surface area (Å²) in [4.78, 5) is 0. The molecule has 0 saturated heterocycles. The number of hydrogen-bond acceptors (Lipinski definition) is 2. The molecule has 0 radical (unpaired) electrons. The zero-order chi connectivity index (χ0) is 18.5. The molecule has 0 aliphatic rings.